The van der Waals surface area contributed by atoms with Gasteiger partial charge in [0.15, 0.2) is 0 Å². The summed E-state index contributed by atoms with van der Waals surface area (Å²) >= 11 is 0. The Balaban J connectivity index is 0.831. The molecular formula is C70H46NSi-. The second kappa shape index (κ2) is 16.2. The van der Waals surface area contributed by atoms with Crippen molar-refractivity contribution in [2.45, 2.75) is 0 Å². The van der Waals surface area contributed by atoms with E-state index in [0.717, 1.165) is 0 Å². The molecule has 1 aliphatic rings. The van der Waals surface area contributed by atoms with Gasteiger partial charge in [-0.25, -0.2) is 0 Å². The van der Waals surface area contributed by atoms with Gasteiger partial charge in [-0.15, -0.1) is 0 Å². The van der Waals surface area contributed by atoms with Gasteiger partial charge in [-0.1, -0.05) is 84.9 Å². The van der Waals surface area contributed by atoms with Gasteiger partial charge in [0.1, 0.15) is 0 Å². The molecular weight excluding hydrogens is 883 g/mol. The summed E-state index contributed by atoms with van der Waals surface area (Å²) in [6.07, 6.45) is 0. The largest absolute Gasteiger partial charge is 0.0610 e. The van der Waals surface area contributed by atoms with Gasteiger partial charge < -0.3 is 0 Å². The average molecular weight is 929 g/mol. The summed E-state index contributed by atoms with van der Waals surface area (Å²) in [5.74, 6) is 0. The Morgan fingerprint density at radius 3 is 1.26 bits per heavy atom. The van der Waals surface area contributed by atoms with Crippen LogP contribution in [0.2, 0.25) is 0 Å². The normalized spacial score (nSPS) is 12.2. The van der Waals surface area contributed by atoms with Gasteiger partial charge in [0.2, 0.25) is 0 Å². The van der Waals surface area contributed by atoms with Crippen LogP contribution in [-0.4, -0.2) is 14.1 Å². The predicted molar refractivity (Wildman–Crippen MR) is 313 cm³/mol. The predicted octanol–water partition coefficient (Wildman–Crippen LogP) is 16.6. The van der Waals surface area contributed by atoms with E-state index in [2.05, 4.69) is 265 Å². The van der Waals surface area contributed by atoms with E-state index in [1.807, 2.05) is 0 Å². The Morgan fingerprint density at radius 2 is 0.667 bits per heavy atom. The van der Waals surface area contributed by atoms with Crippen molar-refractivity contribution in [2.24, 2.45) is 0 Å². The zero-order valence-electron chi connectivity index (χ0n) is 39.8. The Hall–Kier alpha value is -9.08. The van der Waals surface area contributed by atoms with Crippen LogP contribution in [0.5, 0.6) is 0 Å². The summed E-state index contributed by atoms with van der Waals surface area (Å²) in [7, 11) is -1.42. The Kier molecular flexibility index (Phi) is 9.20. The van der Waals surface area contributed by atoms with Crippen molar-refractivity contribution in [2.75, 3.05) is 0 Å². The van der Waals surface area contributed by atoms with Crippen LogP contribution >= 0.6 is 0 Å². The van der Waals surface area contributed by atoms with Crippen LogP contribution in [0.1, 0.15) is 0 Å². The van der Waals surface area contributed by atoms with Gasteiger partial charge in [-0.05, 0) is 32.7 Å². The number of aromatic nitrogens is 1. The summed E-state index contributed by atoms with van der Waals surface area (Å²) in [5.41, 5.74) is 19.0. The SMILES string of the molecule is c1ccc2c(-c3ccc(-c4ccc5c(c4)c4cc(-c6ccc(-c7cccc8ccccc78)cc6)ccc4n5-c4ccc5c(c4)[SiH3-]c4cc(-c6cc7ccccc7c7ccccc67)ccc4-5)cc3)cccc2c1. The Morgan fingerprint density at radius 1 is 0.222 bits per heavy atom. The minimum Gasteiger partial charge on any atom is -0.0610 e. The molecule has 0 fully saturated rings. The number of benzene rings is 13. The third kappa shape index (κ3) is 6.54. The van der Waals surface area contributed by atoms with Gasteiger partial charge in [0.05, 0.1) is 0 Å². The van der Waals surface area contributed by atoms with E-state index in [4.69, 9.17) is 0 Å². The molecule has 0 radical (unpaired) electrons. The van der Waals surface area contributed by atoms with E-state index >= 15 is 0 Å². The van der Waals surface area contributed by atoms with Crippen LogP contribution in [0.3, 0.4) is 0 Å². The maximum absolute atomic E-state index is 2.53. The topological polar surface area (TPSA) is 4.93 Å². The average Bonchev–Trinajstić information content (AvgIpc) is 3.98. The molecule has 72 heavy (non-hydrogen) atoms. The fraction of sp³-hybridized carbons (Fsp3) is 0. The summed E-state index contributed by atoms with van der Waals surface area (Å²) in [6.45, 7) is 0. The molecule has 336 valence electrons. The van der Waals surface area contributed by atoms with Crippen LogP contribution < -0.4 is 10.4 Å². The first-order valence-electron chi connectivity index (χ1n) is 25.4. The molecule has 1 nitrogen and oxygen atoms in total. The van der Waals surface area contributed by atoms with Crippen LogP contribution in [0, 0.1) is 0 Å². The maximum atomic E-state index is 2.53. The molecule has 2 heterocycles. The zero-order chi connectivity index (χ0) is 47.3. The van der Waals surface area contributed by atoms with E-state index in [9.17, 15) is 0 Å². The molecule has 0 aliphatic carbocycles. The maximum Gasteiger partial charge on any atom is -0.0178 e. The summed E-state index contributed by atoms with van der Waals surface area (Å²) in [6, 6.07) is 97.7. The number of fused-ring (bicyclic) bond motifs is 11. The van der Waals surface area contributed by atoms with E-state index in [0.29, 0.717) is 0 Å². The van der Waals surface area contributed by atoms with Gasteiger partial charge in [0.25, 0.3) is 0 Å². The molecule has 0 spiro atoms. The Bertz CT molecular complexity index is 4330. The van der Waals surface area contributed by atoms with Crippen LogP contribution in [0.15, 0.2) is 261 Å². The Labute approximate surface area is 420 Å². The van der Waals surface area contributed by atoms with Crippen molar-refractivity contribution in [3.8, 4) is 72.4 Å². The number of hydrogen-bond acceptors (Lipinski definition) is 0. The number of hydrogen-bond donors (Lipinski definition) is 0. The minimum absolute atomic E-state index is 1.21. The smallest absolute Gasteiger partial charge is 0.0178 e. The molecule has 0 amide bonds. The summed E-state index contributed by atoms with van der Waals surface area (Å²) in [5, 5.41) is 16.0. The van der Waals surface area contributed by atoms with E-state index in [-0.39, 0.29) is 0 Å². The standard InChI is InChI=1S/C70H46NSi/c1-4-16-55-46(11-1)14-9-21-57(55)48-27-23-44(24-28-48)50-32-37-67-65(39-50)66-40-51(45-25-29-49(30-26-45)58-22-10-15-47-12-2-5-17-56(47)58)33-38-68(66)71(67)54-34-36-63-62-35-31-53(42-69(62)72-70(63)43-54)64-41-52-13-3-6-18-59(52)60-19-7-8-20-61(60)64/h1-43H,72H3/q-1. The molecule has 0 atom stereocenters. The zero-order valence-corrected chi connectivity index (χ0v) is 41.8. The second-order valence-electron chi connectivity index (χ2n) is 20.0. The van der Waals surface area contributed by atoms with E-state index < -0.39 is 9.52 Å². The first-order chi connectivity index (χ1) is 35.7. The third-order valence-corrected chi connectivity index (χ3v) is 18.7. The monoisotopic (exact) mass is 928 g/mol. The number of nitrogens with zero attached hydrogens (tertiary/aromatic N) is 1. The van der Waals surface area contributed by atoms with Gasteiger partial charge in [0, 0.05) is 0 Å². The summed E-state index contributed by atoms with van der Waals surface area (Å²) in [4.78, 5) is 0. The fourth-order valence-electron chi connectivity index (χ4n) is 12.5. The molecule has 1 aliphatic heterocycles. The molecule has 2 heteroatoms. The van der Waals surface area contributed by atoms with Crippen molar-refractivity contribution in [1.82, 2.24) is 4.57 Å². The molecule has 0 N–H and O–H groups in total. The van der Waals surface area contributed by atoms with Crippen molar-refractivity contribution >= 4 is 84.8 Å². The fourth-order valence-corrected chi connectivity index (χ4v) is 15.4. The first kappa shape index (κ1) is 40.8. The quantitative estimate of drug-likeness (QED) is 0.116. The van der Waals surface area contributed by atoms with E-state index in [1.165, 1.54) is 137 Å². The molecule has 0 saturated carbocycles. The van der Waals surface area contributed by atoms with Crippen LogP contribution in [0.25, 0.3) is 137 Å². The van der Waals surface area contributed by atoms with E-state index in [1.54, 1.807) is 10.4 Å². The molecule has 13 aromatic carbocycles. The van der Waals surface area contributed by atoms with Gasteiger partial charge in [-0.2, -0.15) is 0 Å². The molecule has 1 aromatic heterocycles. The molecule has 0 bridgehead atoms. The summed E-state index contributed by atoms with van der Waals surface area (Å²) < 4.78 is 2.52. The van der Waals surface area contributed by atoms with Crippen molar-refractivity contribution in [3.05, 3.63) is 261 Å². The van der Waals surface area contributed by atoms with Gasteiger partial charge in [-0.3, -0.25) is 0 Å². The molecule has 0 unspecified atom stereocenters. The van der Waals surface area contributed by atoms with Crippen LogP contribution in [-0.2, 0) is 0 Å². The molecule has 15 rings (SSSR count). The third-order valence-electron chi connectivity index (χ3n) is 16.0. The van der Waals surface area contributed by atoms with Crippen molar-refractivity contribution < 1.29 is 0 Å². The number of rotatable bonds is 6. The molecule has 14 aromatic rings. The molecule has 0 saturated heterocycles. The van der Waals surface area contributed by atoms with Crippen molar-refractivity contribution in [1.29, 1.82) is 0 Å². The minimum atomic E-state index is -1.42. The van der Waals surface area contributed by atoms with Gasteiger partial charge >= 0.3 is 305 Å². The van der Waals surface area contributed by atoms with Crippen molar-refractivity contribution in [3.63, 3.8) is 0 Å². The first-order valence-corrected chi connectivity index (χ1v) is 27.4. The van der Waals surface area contributed by atoms with Crippen LogP contribution in [0.4, 0.5) is 0 Å². The second-order valence-corrected chi connectivity index (χ2v) is 22.6.